The first-order valence-corrected chi connectivity index (χ1v) is 7.77. The molecular formula is C10H16N2O3S2. The van der Waals surface area contributed by atoms with E-state index in [0.717, 1.165) is 18.8 Å². The van der Waals surface area contributed by atoms with Crippen LogP contribution in [0.4, 0.5) is 4.79 Å². The SMILES string of the molecule is CC1CN(C(=O)N2CSC[C@H]2C(=O)O)CCS1. The van der Waals surface area contributed by atoms with Gasteiger partial charge >= 0.3 is 12.0 Å². The first-order valence-electron chi connectivity index (χ1n) is 5.57. The van der Waals surface area contributed by atoms with Gasteiger partial charge in [0.2, 0.25) is 0 Å². The number of carboxylic acid groups (broad SMARTS) is 1. The molecule has 17 heavy (non-hydrogen) atoms. The maximum Gasteiger partial charge on any atom is 0.327 e. The molecule has 0 aromatic rings. The molecule has 0 aromatic heterocycles. The van der Waals surface area contributed by atoms with E-state index in [1.54, 1.807) is 4.90 Å². The molecule has 2 aliphatic rings. The summed E-state index contributed by atoms with van der Waals surface area (Å²) in [7, 11) is 0. The van der Waals surface area contributed by atoms with Crippen LogP contribution in [0.2, 0.25) is 0 Å². The van der Waals surface area contributed by atoms with E-state index in [2.05, 4.69) is 6.92 Å². The monoisotopic (exact) mass is 276 g/mol. The molecule has 7 heteroatoms. The fourth-order valence-corrected chi connectivity index (χ4v) is 4.16. The lowest BCUT2D eigenvalue weighted by Gasteiger charge is -2.34. The summed E-state index contributed by atoms with van der Waals surface area (Å²) in [4.78, 5) is 26.5. The number of aliphatic carboxylic acids is 1. The quantitative estimate of drug-likeness (QED) is 0.774. The van der Waals surface area contributed by atoms with Crippen molar-refractivity contribution in [3.05, 3.63) is 0 Å². The van der Waals surface area contributed by atoms with Crippen LogP contribution >= 0.6 is 23.5 Å². The number of carbonyl (C=O) groups is 2. The zero-order chi connectivity index (χ0) is 12.4. The van der Waals surface area contributed by atoms with Crippen LogP contribution in [0.1, 0.15) is 6.92 Å². The fourth-order valence-electron chi connectivity index (χ4n) is 2.01. The van der Waals surface area contributed by atoms with Crippen molar-refractivity contribution < 1.29 is 14.7 Å². The average Bonchev–Trinajstić information content (AvgIpc) is 2.77. The van der Waals surface area contributed by atoms with Crippen LogP contribution in [-0.2, 0) is 4.79 Å². The predicted octanol–water partition coefficient (Wildman–Crippen LogP) is 1.00. The molecule has 2 atom stereocenters. The Morgan fingerprint density at radius 2 is 2.18 bits per heavy atom. The van der Waals surface area contributed by atoms with Crippen LogP contribution in [0.15, 0.2) is 0 Å². The van der Waals surface area contributed by atoms with Crippen LogP contribution in [-0.4, -0.2) is 68.7 Å². The number of carbonyl (C=O) groups excluding carboxylic acids is 1. The highest BCUT2D eigenvalue weighted by molar-refractivity contribution is 8.00. The van der Waals surface area contributed by atoms with Crippen molar-refractivity contribution in [3.8, 4) is 0 Å². The van der Waals surface area contributed by atoms with E-state index in [1.165, 1.54) is 16.7 Å². The van der Waals surface area contributed by atoms with Gasteiger partial charge in [0.25, 0.3) is 0 Å². The summed E-state index contributed by atoms with van der Waals surface area (Å²) in [6.45, 7) is 3.54. The Hall–Kier alpha value is -0.560. The van der Waals surface area contributed by atoms with Crippen molar-refractivity contribution in [2.45, 2.75) is 18.2 Å². The van der Waals surface area contributed by atoms with Gasteiger partial charge in [-0.2, -0.15) is 11.8 Å². The van der Waals surface area contributed by atoms with Crippen molar-refractivity contribution in [1.29, 1.82) is 0 Å². The molecule has 0 bridgehead atoms. The maximum atomic E-state index is 12.2. The van der Waals surface area contributed by atoms with Crippen LogP contribution in [0.3, 0.4) is 0 Å². The molecule has 0 radical (unpaired) electrons. The number of hydrogen-bond acceptors (Lipinski definition) is 4. The van der Waals surface area contributed by atoms with Crippen LogP contribution in [0, 0.1) is 0 Å². The van der Waals surface area contributed by atoms with Crippen molar-refractivity contribution in [2.75, 3.05) is 30.5 Å². The van der Waals surface area contributed by atoms with Gasteiger partial charge in [0.15, 0.2) is 0 Å². The van der Waals surface area contributed by atoms with Gasteiger partial charge in [-0.15, -0.1) is 11.8 Å². The van der Waals surface area contributed by atoms with E-state index < -0.39 is 12.0 Å². The molecule has 1 N–H and O–H groups in total. The Balaban J connectivity index is 2.01. The van der Waals surface area contributed by atoms with Gasteiger partial charge in [-0.1, -0.05) is 6.92 Å². The van der Waals surface area contributed by atoms with Crippen molar-refractivity contribution in [3.63, 3.8) is 0 Å². The summed E-state index contributed by atoms with van der Waals surface area (Å²) in [6.07, 6.45) is 0. The number of hydrogen-bond donors (Lipinski definition) is 1. The minimum Gasteiger partial charge on any atom is -0.480 e. The number of nitrogens with zero attached hydrogens (tertiary/aromatic N) is 2. The van der Waals surface area contributed by atoms with Gasteiger partial charge in [-0.05, 0) is 0 Å². The predicted molar refractivity (Wildman–Crippen MR) is 69.5 cm³/mol. The van der Waals surface area contributed by atoms with E-state index in [0.29, 0.717) is 16.9 Å². The van der Waals surface area contributed by atoms with Crippen LogP contribution in [0.25, 0.3) is 0 Å². The normalized spacial score (nSPS) is 29.5. The largest absolute Gasteiger partial charge is 0.480 e. The summed E-state index contributed by atoms with van der Waals surface area (Å²) in [6, 6.07) is -0.771. The van der Waals surface area contributed by atoms with Gasteiger partial charge in [0.05, 0.1) is 5.88 Å². The van der Waals surface area contributed by atoms with E-state index in [4.69, 9.17) is 5.11 Å². The first kappa shape index (κ1) is 12.9. The van der Waals surface area contributed by atoms with E-state index >= 15 is 0 Å². The molecule has 2 fully saturated rings. The second-order valence-corrected chi connectivity index (χ2v) is 6.78. The van der Waals surface area contributed by atoms with Crippen molar-refractivity contribution in [2.24, 2.45) is 0 Å². The highest BCUT2D eigenvalue weighted by Crippen LogP contribution is 2.25. The lowest BCUT2D eigenvalue weighted by Crippen LogP contribution is -2.51. The number of amides is 2. The van der Waals surface area contributed by atoms with Crippen molar-refractivity contribution >= 4 is 35.5 Å². The molecule has 0 saturated carbocycles. The molecule has 2 rings (SSSR count). The molecule has 2 heterocycles. The minimum atomic E-state index is -0.900. The maximum absolute atomic E-state index is 12.2. The van der Waals surface area contributed by atoms with Crippen molar-refractivity contribution in [1.82, 2.24) is 9.80 Å². The Bertz CT molecular complexity index is 327. The lowest BCUT2D eigenvalue weighted by atomic mass is 10.3. The number of rotatable bonds is 1. The second-order valence-electron chi connectivity index (χ2n) is 4.23. The van der Waals surface area contributed by atoms with E-state index in [-0.39, 0.29) is 6.03 Å². The molecular weight excluding hydrogens is 260 g/mol. The molecule has 2 amide bonds. The summed E-state index contributed by atoms with van der Waals surface area (Å²) >= 11 is 3.36. The fraction of sp³-hybridized carbons (Fsp3) is 0.800. The number of urea groups is 1. The molecule has 2 aliphatic heterocycles. The highest BCUT2D eigenvalue weighted by atomic mass is 32.2. The molecule has 0 aromatic carbocycles. The smallest absolute Gasteiger partial charge is 0.327 e. The molecule has 1 unspecified atom stereocenters. The Labute approximate surface area is 109 Å². The number of thioether (sulfide) groups is 2. The minimum absolute atomic E-state index is 0.116. The summed E-state index contributed by atoms with van der Waals surface area (Å²) in [5.41, 5.74) is 0. The Morgan fingerprint density at radius 1 is 1.41 bits per heavy atom. The third-order valence-corrected chi connectivity index (χ3v) is 5.07. The summed E-state index contributed by atoms with van der Waals surface area (Å²) in [5, 5.41) is 9.49. The zero-order valence-corrected chi connectivity index (χ0v) is 11.3. The van der Waals surface area contributed by atoms with Gasteiger partial charge in [0, 0.05) is 29.8 Å². The highest BCUT2D eigenvalue weighted by Gasteiger charge is 2.37. The molecule has 5 nitrogen and oxygen atoms in total. The van der Waals surface area contributed by atoms with Gasteiger partial charge in [-0.25, -0.2) is 9.59 Å². The second kappa shape index (κ2) is 5.39. The third kappa shape index (κ3) is 2.82. The molecule has 0 spiro atoms. The lowest BCUT2D eigenvalue weighted by molar-refractivity contribution is -0.140. The van der Waals surface area contributed by atoms with Gasteiger partial charge < -0.3 is 14.9 Å². The molecule has 2 saturated heterocycles. The summed E-state index contributed by atoms with van der Waals surface area (Å²) in [5.74, 6) is 1.03. The zero-order valence-electron chi connectivity index (χ0n) is 9.66. The average molecular weight is 276 g/mol. The molecule has 0 aliphatic carbocycles. The van der Waals surface area contributed by atoms with Crippen LogP contribution < -0.4 is 0 Å². The number of carboxylic acids is 1. The van der Waals surface area contributed by atoms with Gasteiger partial charge in [0.1, 0.15) is 6.04 Å². The molecule has 96 valence electrons. The van der Waals surface area contributed by atoms with E-state index in [9.17, 15) is 9.59 Å². The van der Waals surface area contributed by atoms with Gasteiger partial charge in [-0.3, -0.25) is 0 Å². The van der Waals surface area contributed by atoms with E-state index in [1.807, 2.05) is 11.8 Å². The Morgan fingerprint density at radius 3 is 2.82 bits per heavy atom. The first-order chi connectivity index (χ1) is 8.09. The third-order valence-electron chi connectivity index (χ3n) is 2.92. The summed E-state index contributed by atoms with van der Waals surface area (Å²) < 4.78 is 0. The van der Waals surface area contributed by atoms with Crippen LogP contribution in [0.5, 0.6) is 0 Å². The Kier molecular flexibility index (Phi) is 4.09. The topological polar surface area (TPSA) is 60.9 Å². The standard InChI is InChI=1S/C10H16N2O3S2/c1-7-4-11(2-3-17-7)10(15)12-6-16-5-8(12)9(13)14/h7-8H,2-6H2,1H3,(H,13,14)/t7?,8-/m0/s1.